The standard InChI is InChI=1S/C15H14Cl2N6O/c1-2-22-8-12(17)13(20-22)14(24)19-15-18-9-23(21-15)7-10-4-3-5-11(16)6-10/h3-6,8-9H,2,7H2,1H3,(H,19,21,24). The van der Waals surface area contributed by atoms with Crippen LogP contribution in [0.5, 0.6) is 0 Å². The van der Waals surface area contributed by atoms with E-state index in [2.05, 4.69) is 20.5 Å². The van der Waals surface area contributed by atoms with Crippen LogP contribution >= 0.6 is 23.2 Å². The summed E-state index contributed by atoms with van der Waals surface area (Å²) >= 11 is 12.0. The summed E-state index contributed by atoms with van der Waals surface area (Å²) in [6.07, 6.45) is 3.13. The molecule has 0 bridgehead atoms. The number of carbonyl (C=O) groups is 1. The van der Waals surface area contributed by atoms with Crippen LogP contribution in [0.25, 0.3) is 0 Å². The van der Waals surface area contributed by atoms with Crippen molar-refractivity contribution in [3.05, 3.63) is 58.1 Å². The largest absolute Gasteiger partial charge is 0.288 e. The fraction of sp³-hybridized carbons (Fsp3) is 0.200. The maximum absolute atomic E-state index is 12.2. The number of anilines is 1. The number of nitrogens with one attached hydrogen (secondary N) is 1. The first-order chi connectivity index (χ1) is 11.5. The van der Waals surface area contributed by atoms with Crippen molar-refractivity contribution in [2.45, 2.75) is 20.0 Å². The van der Waals surface area contributed by atoms with Crippen molar-refractivity contribution >= 4 is 35.1 Å². The summed E-state index contributed by atoms with van der Waals surface area (Å²) < 4.78 is 3.19. The Morgan fingerprint density at radius 2 is 2.08 bits per heavy atom. The van der Waals surface area contributed by atoms with E-state index in [0.717, 1.165) is 5.56 Å². The summed E-state index contributed by atoms with van der Waals surface area (Å²) in [5.74, 6) is -0.267. The Bertz CT molecular complexity index is 872. The minimum absolute atomic E-state index is 0.143. The molecule has 0 aliphatic heterocycles. The summed E-state index contributed by atoms with van der Waals surface area (Å²) in [6, 6.07) is 7.45. The van der Waals surface area contributed by atoms with E-state index in [1.165, 1.54) is 6.33 Å². The molecule has 3 aromatic rings. The number of halogens is 2. The SMILES string of the molecule is CCn1cc(Cl)c(C(=O)Nc2ncn(Cc3cccc(Cl)c3)n2)n1. The quantitative estimate of drug-likeness (QED) is 0.754. The molecule has 124 valence electrons. The van der Waals surface area contributed by atoms with Crippen LogP contribution in [-0.2, 0) is 13.1 Å². The van der Waals surface area contributed by atoms with E-state index in [4.69, 9.17) is 23.2 Å². The lowest BCUT2D eigenvalue weighted by atomic mass is 10.2. The van der Waals surface area contributed by atoms with Crippen molar-refractivity contribution in [1.29, 1.82) is 0 Å². The van der Waals surface area contributed by atoms with Gasteiger partial charge in [0.05, 0.1) is 11.6 Å². The van der Waals surface area contributed by atoms with Gasteiger partial charge in [-0.25, -0.2) is 9.67 Å². The predicted octanol–water partition coefficient (Wildman–Crippen LogP) is 3.10. The van der Waals surface area contributed by atoms with Crippen LogP contribution in [0.4, 0.5) is 5.95 Å². The molecule has 0 saturated carbocycles. The van der Waals surface area contributed by atoms with E-state index < -0.39 is 5.91 Å². The molecule has 2 aromatic heterocycles. The zero-order chi connectivity index (χ0) is 17.1. The molecule has 0 spiro atoms. The van der Waals surface area contributed by atoms with Crippen LogP contribution in [0.1, 0.15) is 23.0 Å². The topological polar surface area (TPSA) is 77.6 Å². The molecule has 0 radical (unpaired) electrons. The molecule has 1 N–H and O–H groups in total. The van der Waals surface area contributed by atoms with Gasteiger partial charge in [0.1, 0.15) is 6.33 Å². The van der Waals surface area contributed by atoms with Crippen molar-refractivity contribution in [2.24, 2.45) is 0 Å². The van der Waals surface area contributed by atoms with Gasteiger partial charge in [0, 0.05) is 17.8 Å². The van der Waals surface area contributed by atoms with Gasteiger partial charge in [-0.3, -0.25) is 14.8 Å². The Morgan fingerprint density at radius 1 is 1.25 bits per heavy atom. The van der Waals surface area contributed by atoms with E-state index in [9.17, 15) is 4.79 Å². The third-order valence-corrected chi connectivity index (χ3v) is 3.76. The third-order valence-electron chi connectivity index (χ3n) is 3.25. The molecule has 0 unspecified atom stereocenters. The number of aryl methyl sites for hydroxylation is 1. The van der Waals surface area contributed by atoms with E-state index >= 15 is 0 Å². The van der Waals surface area contributed by atoms with E-state index in [-0.39, 0.29) is 16.7 Å². The summed E-state index contributed by atoms with van der Waals surface area (Å²) in [4.78, 5) is 16.3. The lowest BCUT2D eigenvalue weighted by Crippen LogP contribution is -2.15. The fourth-order valence-electron chi connectivity index (χ4n) is 2.12. The van der Waals surface area contributed by atoms with Crippen LogP contribution in [-0.4, -0.2) is 30.5 Å². The minimum Gasteiger partial charge on any atom is -0.288 e. The highest BCUT2D eigenvalue weighted by atomic mass is 35.5. The molecule has 0 atom stereocenters. The fourth-order valence-corrected chi connectivity index (χ4v) is 2.57. The van der Waals surface area contributed by atoms with Crippen molar-refractivity contribution in [2.75, 3.05) is 5.32 Å². The Balaban J connectivity index is 1.69. The molecule has 24 heavy (non-hydrogen) atoms. The van der Waals surface area contributed by atoms with Crippen LogP contribution in [0.3, 0.4) is 0 Å². The number of carbonyl (C=O) groups excluding carboxylic acids is 1. The second-order valence-corrected chi connectivity index (χ2v) is 5.87. The molecule has 9 heteroatoms. The molecule has 3 rings (SSSR count). The lowest BCUT2D eigenvalue weighted by Gasteiger charge is -2.01. The molecule has 0 fully saturated rings. The van der Waals surface area contributed by atoms with Gasteiger partial charge in [0.15, 0.2) is 5.69 Å². The number of hydrogen-bond donors (Lipinski definition) is 1. The molecule has 1 amide bonds. The predicted molar refractivity (Wildman–Crippen MR) is 91.4 cm³/mol. The zero-order valence-electron chi connectivity index (χ0n) is 12.8. The smallest absolute Gasteiger partial charge is 0.280 e. The first-order valence-corrected chi connectivity index (χ1v) is 7.99. The Morgan fingerprint density at radius 3 is 2.79 bits per heavy atom. The van der Waals surface area contributed by atoms with Gasteiger partial charge in [-0.15, -0.1) is 5.10 Å². The first-order valence-electron chi connectivity index (χ1n) is 7.23. The molecule has 0 saturated heterocycles. The van der Waals surface area contributed by atoms with Gasteiger partial charge < -0.3 is 0 Å². The van der Waals surface area contributed by atoms with Gasteiger partial charge in [-0.05, 0) is 24.6 Å². The Labute approximate surface area is 148 Å². The minimum atomic E-state index is -0.451. The van der Waals surface area contributed by atoms with Crippen molar-refractivity contribution in [1.82, 2.24) is 24.5 Å². The van der Waals surface area contributed by atoms with Crippen LogP contribution in [0, 0.1) is 0 Å². The normalized spacial score (nSPS) is 10.8. The Kier molecular flexibility index (Phi) is 4.82. The summed E-state index contributed by atoms with van der Waals surface area (Å²) in [5, 5.41) is 11.8. The van der Waals surface area contributed by atoms with Crippen LogP contribution in [0.2, 0.25) is 10.0 Å². The van der Waals surface area contributed by atoms with E-state index in [1.807, 2.05) is 25.1 Å². The maximum Gasteiger partial charge on any atom is 0.280 e. The molecule has 2 heterocycles. The molecular weight excluding hydrogens is 351 g/mol. The number of hydrogen-bond acceptors (Lipinski definition) is 4. The number of benzene rings is 1. The van der Waals surface area contributed by atoms with Gasteiger partial charge in [-0.2, -0.15) is 5.10 Å². The van der Waals surface area contributed by atoms with Crippen molar-refractivity contribution < 1.29 is 4.79 Å². The van der Waals surface area contributed by atoms with Gasteiger partial charge in [0.2, 0.25) is 5.95 Å². The summed E-state index contributed by atoms with van der Waals surface area (Å²) in [7, 11) is 0. The monoisotopic (exact) mass is 364 g/mol. The van der Waals surface area contributed by atoms with Crippen molar-refractivity contribution in [3.8, 4) is 0 Å². The Hall–Kier alpha value is -2.38. The van der Waals surface area contributed by atoms with Crippen molar-refractivity contribution in [3.63, 3.8) is 0 Å². The average molecular weight is 365 g/mol. The number of nitrogens with zero attached hydrogens (tertiary/aromatic N) is 5. The van der Waals surface area contributed by atoms with E-state index in [1.54, 1.807) is 21.6 Å². The summed E-state index contributed by atoms with van der Waals surface area (Å²) in [6.45, 7) is 3.03. The highest BCUT2D eigenvalue weighted by Gasteiger charge is 2.17. The number of rotatable bonds is 5. The molecule has 0 aliphatic carbocycles. The lowest BCUT2D eigenvalue weighted by molar-refractivity contribution is 0.102. The van der Waals surface area contributed by atoms with Gasteiger partial charge >= 0.3 is 0 Å². The second-order valence-electron chi connectivity index (χ2n) is 5.03. The molecule has 7 nitrogen and oxygen atoms in total. The first kappa shape index (κ1) is 16.5. The zero-order valence-corrected chi connectivity index (χ0v) is 14.3. The van der Waals surface area contributed by atoms with Crippen LogP contribution in [0.15, 0.2) is 36.8 Å². The highest BCUT2D eigenvalue weighted by Crippen LogP contribution is 2.15. The second kappa shape index (κ2) is 7.02. The van der Waals surface area contributed by atoms with Gasteiger partial charge in [0.25, 0.3) is 5.91 Å². The summed E-state index contributed by atoms with van der Waals surface area (Å²) in [5.41, 5.74) is 1.12. The van der Waals surface area contributed by atoms with E-state index in [0.29, 0.717) is 18.1 Å². The molecule has 0 aliphatic rings. The molecule has 1 aromatic carbocycles. The average Bonchev–Trinajstić information content (AvgIpc) is 3.13. The number of aromatic nitrogens is 5. The van der Waals surface area contributed by atoms with Crippen LogP contribution < -0.4 is 5.32 Å². The number of amides is 1. The molecular formula is C15H14Cl2N6O. The highest BCUT2D eigenvalue weighted by molar-refractivity contribution is 6.34. The third kappa shape index (κ3) is 3.74. The van der Waals surface area contributed by atoms with Gasteiger partial charge in [-0.1, -0.05) is 35.3 Å². The maximum atomic E-state index is 12.2.